The SMILES string of the molecule is O=C(C(O)C(O)c1nc2ccccc2s1)N1CCN(c2ccc(F)cc2)CC1. The van der Waals surface area contributed by atoms with Crippen LogP contribution in [0.1, 0.15) is 11.1 Å². The van der Waals surface area contributed by atoms with Crippen molar-refractivity contribution in [2.24, 2.45) is 0 Å². The second kappa shape index (κ2) is 7.83. The number of hydrogen-bond donors (Lipinski definition) is 2. The van der Waals surface area contributed by atoms with Gasteiger partial charge in [-0.1, -0.05) is 12.1 Å². The van der Waals surface area contributed by atoms with Crippen molar-refractivity contribution in [1.82, 2.24) is 9.88 Å². The molecular formula is C20H20FN3O3S. The van der Waals surface area contributed by atoms with Gasteiger partial charge in [-0.2, -0.15) is 0 Å². The highest BCUT2D eigenvalue weighted by Gasteiger charge is 2.33. The van der Waals surface area contributed by atoms with Gasteiger partial charge in [-0.05, 0) is 36.4 Å². The number of thiazole rings is 1. The van der Waals surface area contributed by atoms with Crippen LogP contribution < -0.4 is 4.90 Å². The molecule has 1 saturated heterocycles. The minimum absolute atomic E-state index is 0.287. The third-order valence-electron chi connectivity index (χ3n) is 4.90. The number of aliphatic hydroxyl groups excluding tert-OH is 2. The fraction of sp³-hybridized carbons (Fsp3) is 0.300. The van der Waals surface area contributed by atoms with Crippen LogP contribution in [-0.2, 0) is 4.79 Å². The summed E-state index contributed by atoms with van der Waals surface area (Å²) in [6.45, 7) is 1.97. The first-order valence-corrected chi connectivity index (χ1v) is 9.85. The lowest BCUT2D eigenvalue weighted by molar-refractivity contribution is -0.146. The molecule has 4 rings (SSSR count). The van der Waals surface area contributed by atoms with E-state index in [1.54, 1.807) is 17.0 Å². The maximum atomic E-state index is 13.1. The summed E-state index contributed by atoms with van der Waals surface area (Å²) in [5.41, 5.74) is 1.62. The van der Waals surface area contributed by atoms with Gasteiger partial charge in [-0.25, -0.2) is 9.37 Å². The molecule has 2 unspecified atom stereocenters. The number of nitrogens with zero attached hydrogens (tertiary/aromatic N) is 3. The molecule has 0 aliphatic carbocycles. The van der Waals surface area contributed by atoms with Gasteiger partial charge in [-0.3, -0.25) is 4.79 Å². The second-order valence-corrected chi connectivity index (χ2v) is 7.76. The number of anilines is 1. The molecule has 0 spiro atoms. The maximum Gasteiger partial charge on any atom is 0.254 e. The lowest BCUT2D eigenvalue weighted by Crippen LogP contribution is -2.52. The van der Waals surface area contributed by atoms with E-state index in [0.717, 1.165) is 15.9 Å². The number of piperazine rings is 1. The molecule has 2 aromatic carbocycles. The molecule has 28 heavy (non-hydrogen) atoms. The highest BCUT2D eigenvalue weighted by molar-refractivity contribution is 7.18. The van der Waals surface area contributed by atoms with Gasteiger partial charge >= 0.3 is 0 Å². The Morgan fingerprint density at radius 3 is 2.39 bits per heavy atom. The van der Waals surface area contributed by atoms with Crippen LogP contribution in [0.3, 0.4) is 0 Å². The van der Waals surface area contributed by atoms with Crippen LogP contribution in [0.2, 0.25) is 0 Å². The van der Waals surface area contributed by atoms with Crippen LogP contribution in [0.4, 0.5) is 10.1 Å². The summed E-state index contributed by atoms with van der Waals surface area (Å²) in [6, 6.07) is 13.7. The van der Waals surface area contributed by atoms with Gasteiger partial charge in [-0.15, -0.1) is 11.3 Å². The lowest BCUT2D eigenvalue weighted by atomic mass is 10.1. The molecule has 1 aromatic heterocycles. The van der Waals surface area contributed by atoms with Crippen molar-refractivity contribution < 1.29 is 19.4 Å². The molecule has 0 saturated carbocycles. The quantitative estimate of drug-likeness (QED) is 0.701. The van der Waals surface area contributed by atoms with Crippen LogP contribution in [0.5, 0.6) is 0 Å². The number of amides is 1. The Morgan fingerprint density at radius 1 is 1.04 bits per heavy atom. The molecule has 0 radical (unpaired) electrons. The zero-order valence-electron chi connectivity index (χ0n) is 15.0. The first-order chi connectivity index (χ1) is 13.5. The van der Waals surface area contributed by atoms with E-state index in [2.05, 4.69) is 9.88 Å². The molecular weight excluding hydrogens is 381 g/mol. The van der Waals surface area contributed by atoms with E-state index < -0.39 is 18.1 Å². The Bertz CT molecular complexity index is 937. The fourth-order valence-electron chi connectivity index (χ4n) is 3.31. The maximum absolute atomic E-state index is 13.1. The number of halogens is 1. The van der Waals surface area contributed by atoms with Gasteiger partial charge in [0, 0.05) is 31.9 Å². The predicted octanol–water partition coefficient (Wildman–Crippen LogP) is 2.18. The molecule has 146 valence electrons. The Labute approximate surface area is 165 Å². The predicted molar refractivity (Wildman–Crippen MR) is 106 cm³/mol. The largest absolute Gasteiger partial charge is 0.383 e. The van der Waals surface area contributed by atoms with E-state index >= 15 is 0 Å². The van der Waals surface area contributed by atoms with Crippen LogP contribution in [-0.4, -0.2) is 58.3 Å². The molecule has 2 heterocycles. The van der Waals surface area contributed by atoms with Crippen LogP contribution >= 0.6 is 11.3 Å². The number of aromatic nitrogens is 1. The van der Waals surface area contributed by atoms with Crippen molar-refractivity contribution in [3.05, 3.63) is 59.4 Å². The topological polar surface area (TPSA) is 76.9 Å². The van der Waals surface area contributed by atoms with Gasteiger partial charge in [0.15, 0.2) is 6.10 Å². The fourth-order valence-corrected chi connectivity index (χ4v) is 4.29. The summed E-state index contributed by atoms with van der Waals surface area (Å²) in [4.78, 5) is 20.6. The number of benzene rings is 2. The summed E-state index contributed by atoms with van der Waals surface area (Å²) < 4.78 is 14.0. The summed E-state index contributed by atoms with van der Waals surface area (Å²) >= 11 is 1.27. The third kappa shape index (κ3) is 3.71. The number of fused-ring (bicyclic) bond motifs is 1. The molecule has 1 amide bonds. The monoisotopic (exact) mass is 401 g/mol. The summed E-state index contributed by atoms with van der Waals surface area (Å²) in [7, 11) is 0. The molecule has 6 nitrogen and oxygen atoms in total. The molecule has 3 aromatic rings. The van der Waals surface area contributed by atoms with Crippen molar-refractivity contribution in [3.8, 4) is 0 Å². The average molecular weight is 401 g/mol. The molecule has 0 bridgehead atoms. The molecule has 1 aliphatic rings. The van der Waals surface area contributed by atoms with E-state index in [-0.39, 0.29) is 5.82 Å². The molecule has 8 heteroatoms. The van der Waals surface area contributed by atoms with Gasteiger partial charge < -0.3 is 20.0 Å². The van der Waals surface area contributed by atoms with Gasteiger partial charge in [0.1, 0.15) is 16.9 Å². The number of aliphatic hydroxyl groups is 2. The lowest BCUT2D eigenvalue weighted by Gasteiger charge is -2.37. The molecule has 1 aliphatic heterocycles. The minimum atomic E-state index is -1.56. The molecule has 1 fully saturated rings. The van der Waals surface area contributed by atoms with E-state index in [1.165, 1.54) is 23.5 Å². The van der Waals surface area contributed by atoms with Crippen molar-refractivity contribution in [2.45, 2.75) is 12.2 Å². The van der Waals surface area contributed by atoms with E-state index in [0.29, 0.717) is 31.2 Å². The summed E-state index contributed by atoms with van der Waals surface area (Å²) in [5.74, 6) is -0.796. The number of rotatable bonds is 4. The Hall–Kier alpha value is -2.55. The van der Waals surface area contributed by atoms with Crippen molar-refractivity contribution in [2.75, 3.05) is 31.1 Å². The average Bonchev–Trinajstić information content (AvgIpc) is 3.17. The van der Waals surface area contributed by atoms with Gasteiger partial charge in [0.25, 0.3) is 5.91 Å². The highest BCUT2D eigenvalue weighted by atomic mass is 32.1. The van der Waals surface area contributed by atoms with Gasteiger partial charge in [0.2, 0.25) is 0 Å². The summed E-state index contributed by atoms with van der Waals surface area (Å²) in [6.07, 6.45) is -2.92. The summed E-state index contributed by atoms with van der Waals surface area (Å²) in [5, 5.41) is 21.2. The van der Waals surface area contributed by atoms with Crippen LogP contribution in [0.25, 0.3) is 10.2 Å². The van der Waals surface area contributed by atoms with Crippen LogP contribution in [0.15, 0.2) is 48.5 Å². The third-order valence-corrected chi connectivity index (χ3v) is 6.01. The smallest absolute Gasteiger partial charge is 0.254 e. The number of carbonyl (C=O) groups is 1. The highest BCUT2D eigenvalue weighted by Crippen LogP contribution is 2.28. The van der Waals surface area contributed by atoms with E-state index in [1.807, 2.05) is 24.3 Å². The standard InChI is InChI=1S/C20H20FN3O3S/c21-13-5-7-14(8-6-13)23-9-11-24(12-10-23)20(27)18(26)17(25)19-22-15-3-1-2-4-16(15)28-19/h1-8,17-18,25-26H,9-12H2. The Morgan fingerprint density at radius 2 is 1.71 bits per heavy atom. The van der Waals surface area contributed by atoms with E-state index in [4.69, 9.17) is 0 Å². The van der Waals surface area contributed by atoms with E-state index in [9.17, 15) is 19.4 Å². The van der Waals surface area contributed by atoms with Crippen molar-refractivity contribution >= 4 is 33.1 Å². The number of carbonyl (C=O) groups excluding carboxylic acids is 1. The zero-order valence-corrected chi connectivity index (χ0v) is 15.8. The van der Waals surface area contributed by atoms with Crippen molar-refractivity contribution in [1.29, 1.82) is 0 Å². The van der Waals surface area contributed by atoms with Gasteiger partial charge in [0.05, 0.1) is 10.2 Å². The first-order valence-electron chi connectivity index (χ1n) is 9.04. The number of para-hydroxylation sites is 1. The van der Waals surface area contributed by atoms with Crippen molar-refractivity contribution in [3.63, 3.8) is 0 Å². The Balaban J connectivity index is 1.39. The minimum Gasteiger partial charge on any atom is -0.383 e. The molecule has 2 N–H and O–H groups in total. The second-order valence-electron chi connectivity index (χ2n) is 6.70. The zero-order chi connectivity index (χ0) is 19.7. The number of hydrogen-bond acceptors (Lipinski definition) is 6. The molecule has 2 atom stereocenters. The normalized spacial score (nSPS) is 17.0. The first kappa shape index (κ1) is 18.8. The van der Waals surface area contributed by atoms with Crippen LogP contribution in [0, 0.1) is 5.82 Å². The Kier molecular flexibility index (Phi) is 5.25.